The fraction of sp³-hybridized carbons (Fsp3) is 0. The van der Waals surface area contributed by atoms with Crippen LogP contribution in [0.15, 0.2) is 20.6 Å². The molecule has 0 aromatic carbocycles. The van der Waals surface area contributed by atoms with Gasteiger partial charge < -0.3 is 32.3 Å². The summed E-state index contributed by atoms with van der Waals surface area (Å²) in [5.41, 5.74) is 8.75. The molecule has 0 unspecified atom stereocenters. The van der Waals surface area contributed by atoms with Crippen LogP contribution in [0.4, 0.5) is 0 Å². The molecule has 10 nitrogen and oxygen atoms in total. The molecule has 0 aromatic rings. The Bertz CT molecular complexity index is 286. The minimum absolute atomic E-state index is 0.648. The third-order valence-electron chi connectivity index (χ3n) is 1.13. The van der Waals surface area contributed by atoms with Crippen molar-refractivity contribution in [2.75, 3.05) is 0 Å². The number of hydrogen-bond acceptors (Lipinski definition) is 8. The molecule has 0 saturated carbocycles. The average Bonchev–Trinajstić information content (AvgIpc) is 2.23. The third kappa shape index (κ3) is 2.23. The second-order valence-corrected chi connectivity index (χ2v) is 1.87. The number of oxime groups is 4. The number of amidine groups is 2. The van der Waals surface area contributed by atoms with Crippen molar-refractivity contribution < 1.29 is 20.8 Å². The van der Waals surface area contributed by atoms with Crippen molar-refractivity contribution in [3.05, 3.63) is 0 Å². The van der Waals surface area contributed by atoms with Crippen LogP contribution in [0.25, 0.3) is 0 Å². The molecule has 0 spiro atoms. The molecule has 10 heteroatoms. The molecule has 78 valence electrons. The van der Waals surface area contributed by atoms with Crippen molar-refractivity contribution in [1.82, 2.24) is 0 Å². The lowest BCUT2D eigenvalue weighted by Crippen LogP contribution is -2.39. The highest BCUT2D eigenvalue weighted by Crippen LogP contribution is 1.87. The average molecular weight is 204 g/mol. The van der Waals surface area contributed by atoms with Crippen molar-refractivity contribution in [2.45, 2.75) is 0 Å². The summed E-state index contributed by atoms with van der Waals surface area (Å²) < 4.78 is 0. The largest absolute Gasteiger partial charge is 0.410 e. The lowest BCUT2D eigenvalue weighted by Gasteiger charge is -2.02. The molecule has 0 amide bonds. The van der Waals surface area contributed by atoms with Gasteiger partial charge in [-0.2, -0.15) is 0 Å². The van der Waals surface area contributed by atoms with Crippen molar-refractivity contribution in [1.29, 1.82) is 0 Å². The summed E-state index contributed by atoms with van der Waals surface area (Å²) in [6.45, 7) is 0. The molecule has 14 heavy (non-hydrogen) atoms. The minimum atomic E-state index is -0.674. The van der Waals surface area contributed by atoms with Crippen LogP contribution in [0.3, 0.4) is 0 Å². The SMILES string of the molecule is NC(=N/O)/C(=N/O)C(=N\O)/C(N)=N\O. The first-order valence-corrected chi connectivity index (χ1v) is 3.02. The van der Waals surface area contributed by atoms with E-state index in [4.69, 9.17) is 32.3 Å². The number of nitrogens with zero attached hydrogens (tertiary/aromatic N) is 4. The van der Waals surface area contributed by atoms with E-state index in [0.29, 0.717) is 0 Å². The van der Waals surface area contributed by atoms with Crippen LogP contribution in [-0.2, 0) is 0 Å². The van der Waals surface area contributed by atoms with Crippen LogP contribution >= 0.6 is 0 Å². The van der Waals surface area contributed by atoms with Gasteiger partial charge in [-0.1, -0.05) is 20.6 Å². The highest BCUT2D eigenvalue weighted by Gasteiger charge is 2.20. The lowest BCUT2D eigenvalue weighted by atomic mass is 10.2. The zero-order valence-corrected chi connectivity index (χ0v) is 6.73. The van der Waals surface area contributed by atoms with Crippen molar-refractivity contribution >= 4 is 23.1 Å². The molecular weight excluding hydrogens is 196 g/mol. The van der Waals surface area contributed by atoms with Gasteiger partial charge in [0.05, 0.1) is 0 Å². The van der Waals surface area contributed by atoms with Crippen molar-refractivity contribution in [3.8, 4) is 0 Å². The molecule has 0 saturated heterocycles. The van der Waals surface area contributed by atoms with Gasteiger partial charge in [0.1, 0.15) is 0 Å². The Morgan fingerprint density at radius 3 is 1.07 bits per heavy atom. The Morgan fingerprint density at radius 2 is 0.929 bits per heavy atom. The van der Waals surface area contributed by atoms with Gasteiger partial charge >= 0.3 is 0 Å². The fourth-order valence-electron chi connectivity index (χ4n) is 0.535. The Morgan fingerprint density at radius 1 is 0.643 bits per heavy atom. The van der Waals surface area contributed by atoms with E-state index in [9.17, 15) is 0 Å². The van der Waals surface area contributed by atoms with Crippen molar-refractivity contribution in [2.24, 2.45) is 32.1 Å². The van der Waals surface area contributed by atoms with Crippen LogP contribution < -0.4 is 11.5 Å². The summed E-state index contributed by atoms with van der Waals surface area (Å²) in [4.78, 5) is 0. The van der Waals surface area contributed by atoms with Crippen LogP contribution in [-0.4, -0.2) is 43.9 Å². The summed E-state index contributed by atoms with van der Waals surface area (Å²) in [6, 6.07) is 0. The topological polar surface area (TPSA) is 182 Å². The fourth-order valence-corrected chi connectivity index (χ4v) is 0.535. The van der Waals surface area contributed by atoms with Gasteiger partial charge in [0.2, 0.25) is 0 Å². The molecule has 0 aliphatic carbocycles. The summed E-state index contributed by atoms with van der Waals surface area (Å²) in [5.74, 6) is -1.35. The van der Waals surface area contributed by atoms with Gasteiger partial charge in [0, 0.05) is 0 Å². The molecule has 0 radical (unpaired) electrons. The Balaban J connectivity index is 5.25. The molecule has 0 aliphatic heterocycles. The van der Waals surface area contributed by atoms with Crippen LogP contribution in [0, 0.1) is 0 Å². The van der Waals surface area contributed by atoms with E-state index in [1.165, 1.54) is 0 Å². The lowest BCUT2D eigenvalue weighted by molar-refractivity contribution is 0.310. The molecule has 0 bridgehead atoms. The van der Waals surface area contributed by atoms with Gasteiger partial charge in [-0.3, -0.25) is 0 Å². The van der Waals surface area contributed by atoms with Crippen molar-refractivity contribution in [3.63, 3.8) is 0 Å². The Hall–Kier alpha value is -2.52. The van der Waals surface area contributed by atoms with E-state index in [-0.39, 0.29) is 0 Å². The zero-order valence-electron chi connectivity index (χ0n) is 6.73. The molecule has 0 aliphatic rings. The van der Waals surface area contributed by atoms with Crippen LogP contribution in [0.1, 0.15) is 0 Å². The predicted octanol–water partition coefficient (Wildman–Crippen LogP) is -1.86. The molecule has 8 N–H and O–H groups in total. The summed E-state index contributed by atoms with van der Waals surface area (Å²) >= 11 is 0. The van der Waals surface area contributed by atoms with Crippen LogP contribution in [0.2, 0.25) is 0 Å². The molecule has 0 rings (SSSR count). The van der Waals surface area contributed by atoms with E-state index < -0.39 is 23.1 Å². The van der Waals surface area contributed by atoms with Gasteiger partial charge in [0.25, 0.3) is 0 Å². The maximum absolute atomic E-state index is 8.41. The number of rotatable bonds is 3. The molecule has 0 heterocycles. The smallest absolute Gasteiger partial charge is 0.194 e. The number of hydrogen-bond donors (Lipinski definition) is 6. The van der Waals surface area contributed by atoms with Gasteiger partial charge in [0.15, 0.2) is 23.1 Å². The Labute approximate surface area is 77.1 Å². The summed E-state index contributed by atoms with van der Waals surface area (Å²) in [7, 11) is 0. The highest BCUT2D eigenvalue weighted by atomic mass is 16.4. The predicted molar refractivity (Wildman–Crippen MR) is 45.3 cm³/mol. The van der Waals surface area contributed by atoms with E-state index in [1.54, 1.807) is 0 Å². The first-order chi connectivity index (χ1) is 6.62. The Kier molecular flexibility index (Phi) is 4.25. The van der Waals surface area contributed by atoms with E-state index in [1.807, 2.05) is 0 Å². The molecule has 0 atom stereocenters. The first kappa shape index (κ1) is 11.5. The molecule has 0 fully saturated rings. The minimum Gasteiger partial charge on any atom is -0.410 e. The summed E-state index contributed by atoms with van der Waals surface area (Å²) in [6.07, 6.45) is 0. The van der Waals surface area contributed by atoms with Gasteiger partial charge in [-0.25, -0.2) is 0 Å². The first-order valence-electron chi connectivity index (χ1n) is 3.02. The highest BCUT2D eigenvalue weighted by molar-refractivity contribution is 6.81. The molecular formula is C4H8N6O4. The van der Waals surface area contributed by atoms with Crippen LogP contribution in [0.5, 0.6) is 0 Å². The second kappa shape index (κ2) is 5.18. The number of nitrogens with two attached hydrogens (primary N) is 2. The quantitative estimate of drug-likeness (QED) is 0.135. The normalized spacial score (nSPS) is 15.7. The van der Waals surface area contributed by atoms with Gasteiger partial charge in [-0.05, 0) is 0 Å². The van der Waals surface area contributed by atoms with E-state index >= 15 is 0 Å². The van der Waals surface area contributed by atoms with Gasteiger partial charge in [-0.15, -0.1) is 0 Å². The van der Waals surface area contributed by atoms with E-state index in [0.717, 1.165) is 0 Å². The summed E-state index contributed by atoms with van der Waals surface area (Å²) in [5, 5.41) is 43.3. The maximum Gasteiger partial charge on any atom is 0.194 e. The standard InChI is InChI=1S/C4H8N6O4/c5-3(9-13)1(7-11)2(8-12)4(6)10-14/h11-14H,(H2,5,9)(H2,6,10)/b7-1+,8-2+. The second-order valence-electron chi connectivity index (χ2n) is 1.87. The zero-order chi connectivity index (χ0) is 11.1. The molecule has 0 aromatic heterocycles. The van der Waals surface area contributed by atoms with E-state index in [2.05, 4.69) is 20.6 Å². The monoisotopic (exact) mass is 204 g/mol. The maximum atomic E-state index is 8.41. The third-order valence-corrected chi connectivity index (χ3v) is 1.13.